The first kappa shape index (κ1) is 21.9. The van der Waals surface area contributed by atoms with Gasteiger partial charge < -0.3 is 10.6 Å². The van der Waals surface area contributed by atoms with E-state index in [9.17, 15) is 13.6 Å². The van der Waals surface area contributed by atoms with Crippen LogP contribution in [0.15, 0.2) is 60.0 Å². The zero-order chi connectivity index (χ0) is 23.9. The van der Waals surface area contributed by atoms with Gasteiger partial charge in [-0.15, -0.1) is 6.58 Å². The van der Waals surface area contributed by atoms with Crippen LogP contribution in [0.2, 0.25) is 0 Å². The van der Waals surface area contributed by atoms with Crippen LogP contribution in [0.5, 0.6) is 0 Å². The van der Waals surface area contributed by atoms with Crippen molar-refractivity contribution in [3.63, 3.8) is 0 Å². The normalized spacial score (nSPS) is 13.6. The smallest absolute Gasteiger partial charge is 0.287 e. The van der Waals surface area contributed by atoms with E-state index >= 15 is 0 Å². The van der Waals surface area contributed by atoms with Crippen molar-refractivity contribution >= 4 is 22.7 Å². The Balaban J connectivity index is 1.62. The summed E-state index contributed by atoms with van der Waals surface area (Å²) in [5.41, 5.74) is 2.80. The second-order valence-corrected chi connectivity index (χ2v) is 8.22. The van der Waals surface area contributed by atoms with Crippen molar-refractivity contribution in [2.75, 3.05) is 11.9 Å². The highest BCUT2D eigenvalue weighted by molar-refractivity contribution is 5.77. The van der Waals surface area contributed by atoms with Gasteiger partial charge in [-0.25, -0.2) is 19.3 Å². The number of benzene rings is 1. The Labute approximate surface area is 194 Å². The van der Waals surface area contributed by atoms with Crippen LogP contribution in [-0.4, -0.2) is 30.9 Å². The van der Waals surface area contributed by atoms with Gasteiger partial charge >= 0.3 is 0 Å². The number of allylic oxidation sites excluding steroid dienone is 1. The fourth-order valence-electron chi connectivity index (χ4n) is 4.08. The predicted molar refractivity (Wildman–Crippen MR) is 126 cm³/mol. The van der Waals surface area contributed by atoms with Gasteiger partial charge in [0.2, 0.25) is 5.95 Å². The minimum Gasteiger partial charge on any atom is -0.324 e. The van der Waals surface area contributed by atoms with Crippen LogP contribution in [-0.2, 0) is 25.4 Å². The molecule has 174 valence electrons. The summed E-state index contributed by atoms with van der Waals surface area (Å²) in [5.74, 6) is -2.71. The molecule has 0 bridgehead atoms. The van der Waals surface area contributed by atoms with E-state index in [4.69, 9.17) is 0 Å². The van der Waals surface area contributed by atoms with Gasteiger partial charge in [-0.05, 0) is 48.4 Å². The first-order valence-electron chi connectivity index (χ1n) is 10.9. The van der Waals surface area contributed by atoms with Gasteiger partial charge in [-0.3, -0.25) is 4.79 Å². The van der Waals surface area contributed by atoms with E-state index in [0.717, 1.165) is 32.1 Å². The fourth-order valence-corrected chi connectivity index (χ4v) is 4.08. The summed E-state index contributed by atoms with van der Waals surface area (Å²) < 4.78 is 30.7. The second kappa shape index (κ2) is 8.45. The van der Waals surface area contributed by atoms with E-state index in [1.807, 2.05) is 12.1 Å². The molecule has 0 aliphatic carbocycles. The molecule has 0 spiro atoms. The molecule has 0 unspecified atom stereocenters. The average Bonchev–Trinajstić information content (AvgIpc) is 3.10. The lowest BCUT2D eigenvalue weighted by Gasteiger charge is -2.18. The Morgan fingerprint density at radius 2 is 2.09 bits per heavy atom. The maximum atomic E-state index is 13.9. The molecule has 4 aromatic rings. The van der Waals surface area contributed by atoms with E-state index in [2.05, 4.69) is 38.2 Å². The maximum absolute atomic E-state index is 13.9. The summed E-state index contributed by atoms with van der Waals surface area (Å²) in [6, 6.07) is 10.4. The van der Waals surface area contributed by atoms with Crippen LogP contribution >= 0.6 is 0 Å². The minimum absolute atomic E-state index is 0.143. The molecular weight excluding hydrogens is 440 g/mol. The minimum atomic E-state index is -3.13. The third-order valence-corrected chi connectivity index (χ3v) is 5.73. The van der Waals surface area contributed by atoms with Gasteiger partial charge in [0.1, 0.15) is 11.1 Å². The zero-order valence-corrected chi connectivity index (χ0v) is 18.6. The Morgan fingerprint density at radius 1 is 1.24 bits per heavy atom. The van der Waals surface area contributed by atoms with Crippen molar-refractivity contribution in [2.24, 2.45) is 0 Å². The number of pyridine rings is 1. The molecule has 0 saturated carbocycles. The summed E-state index contributed by atoms with van der Waals surface area (Å²) in [5, 5.41) is 6.78. The molecular formula is C24H23F2N7O. The highest BCUT2D eigenvalue weighted by Crippen LogP contribution is 2.27. The van der Waals surface area contributed by atoms with Gasteiger partial charge in [0.25, 0.3) is 11.5 Å². The number of fused-ring (bicyclic) bond motifs is 2. The largest absolute Gasteiger partial charge is 0.324 e. The van der Waals surface area contributed by atoms with Crippen molar-refractivity contribution in [1.29, 1.82) is 0 Å². The van der Waals surface area contributed by atoms with E-state index in [-0.39, 0.29) is 34.9 Å². The second-order valence-electron chi connectivity index (χ2n) is 8.22. The Kier molecular flexibility index (Phi) is 5.45. The number of nitrogens with zero attached hydrogens (tertiary/aromatic N) is 5. The highest BCUT2D eigenvalue weighted by Gasteiger charge is 2.27. The Hall–Kier alpha value is -3.92. The summed E-state index contributed by atoms with van der Waals surface area (Å²) in [6.45, 7) is 6.37. The molecule has 3 aromatic heterocycles. The van der Waals surface area contributed by atoms with Crippen LogP contribution in [0.4, 0.5) is 20.4 Å². The summed E-state index contributed by atoms with van der Waals surface area (Å²) >= 11 is 0. The number of anilines is 2. The molecule has 10 heteroatoms. The molecule has 1 aliphatic heterocycles. The van der Waals surface area contributed by atoms with Crippen LogP contribution in [0.3, 0.4) is 0 Å². The van der Waals surface area contributed by atoms with Gasteiger partial charge in [-0.1, -0.05) is 18.2 Å². The molecule has 0 fully saturated rings. The Morgan fingerprint density at radius 3 is 2.88 bits per heavy atom. The van der Waals surface area contributed by atoms with Gasteiger partial charge in [0.05, 0.1) is 6.54 Å². The van der Waals surface area contributed by atoms with Crippen LogP contribution < -0.4 is 16.2 Å². The summed E-state index contributed by atoms with van der Waals surface area (Å²) in [7, 11) is 0. The lowest BCUT2D eigenvalue weighted by Crippen LogP contribution is -2.23. The molecule has 0 atom stereocenters. The van der Waals surface area contributed by atoms with E-state index in [1.54, 1.807) is 12.1 Å². The number of halogens is 2. The van der Waals surface area contributed by atoms with E-state index in [0.29, 0.717) is 0 Å². The zero-order valence-electron chi connectivity index (χ0n) is 18.6. The number of nitrogens with one attached hydrogen (secondary N) is 2. The van der Waals surface area contributed by atoms with E-state index in [1.165, 1.54) is 38.8 Å². The molecule has 1 aromatic carbocycles. The SMILES string of the molecule is C=CCn1c(=O)c2cnc(Nc3ccc4c(c3)CNCC4)nc2n1-c1cccc(C(C)(F)F)n1. The third-order valence-electron chi connectivity index (χ3n) is 5.73. The molecule has 0 saturated heterocycles. The number of rotatable bonds is 6. The van der Waals surface area contributed by atoms with Crippen LogP contribution in [0, 0.1) is 0 Å². The molecule has 4 heterocycles. The van der Waals surface area contributed by atoms with Gasteiger partial charge in [-0.2, -0.15) is 13.8 Å². The van der Waals surface area contributed by atoms with Crippen molar-refractivity contribution in [1.82, 2.24) is 29.6 Å². The first-order chi connectivity index (χ1) is 16.3. The molecule has 0 amide bonds. The van der Waals surface area contributed by atoms with Gasteiger partial charge in [0.15, 0.2) is 11.5 Å². The summed E-state index contributed by atoms with van der Waals surface area (Å²) in [4.78, 5) is 26.0. The predicted octanol–water partition coefficient (Wildman–Crippen LogP) is 3.66. The van der Waals surface area contributed by atoms with Gasteiger partial charge in [0, 0.05) is 25.4 Å². The Bertz CT molecular complexity index is 1450. The standard InChI is InChI=1S/C24H23F2N7O/c1-3-11-32-22(34)18-14-28-23(29-17-8-7-15-9-10-27-13-16(15)12-17)31-21(18)33(32)20-6-4-5-19(30-20)24(2,25)26/h3-8,12,14,27H,1,9-11,13H2,2H3,(H,28,29,31). The monoisotopic (exact) mass is 463 g/mol. The molecule has 0 radical (unpaired) electrons. The van der Waals surface area contributed by atoms with Crippen molar-refractivity contribution in [3.05, 3.63) is 82.4 Å². The topological polar surface area (TPSA) is 89.7 Å². The van der Waals surface area contributed by atoms with Crippen LogP contribution in [0.25, 0.3) is 16.9 Å². The first-order valence-corrected chi connectivity index (χ1v) is 10.9. The highest BCUT2D eigenvalue weighted by atomic mass is 19.3. The maximum Gasteiger partial charge on any atom is 0.287 e. The lowest BCUT2D eigenvalue weighted by atomic mass is 10.0. The number of alkyl halides is 2. The fraction of sp³-hybridized carbons (Fsp3) is 0.250. The average molecular weight is 463 g/mol. The van der Waals surface area contributed by atoms with E-state index < -0.39 is 11.6 Å². The van der Waals surface area contributed by atoms with Crippen molar-refractivity contribution in [3.8, 4) is 5.82 Å². The quantitative estimate of drug-likeness (QED) is 0.424. The van der Waals surface area contributed by atoms with Crippen LogP contribution in [0.1, 0.15) is 23.7 Å². The molecule has 5 rings (SSSR count). The number of hydrogen-bond donors (Lipinski definition) is 2. The summed E-state index contributed by atoms with van der Waals surface area (Å²) in [6.07, 6.45) is 3.95. The third kappa shape index (κ3) is 3.96. The lowest BCUT2D eigenvalue weighted by molar-refractivity contribution is 0.0127. The molecule has 34 heavy (non-hydrogen) atoms. The molecule has 8 nitrogen and oxygen atoms in total. The molecule has 2 N–H and O–H groups in total. The van der Waals surface area contributed by atoms with Crippen molar-refractivity contribution in [2.45, 2.75) is 32.4 Å². The number of hydrogen-bond acceptors (Lipinski definition) is 6. The van der Waals surface area contributed by atoms with Crippen molar-refractivity contribution < 1.29 is 8.78 Å². The molecule has 1 aliphatic rings. The number of aromatic nitrogens is 5.